The van der Waals surface area contributed by atoms with Gasteiger partial charge in [-0.05, 0) is 12.0 Å². The molecule has 0 saturated carbocycles. The molecule has 0 unspecified atom stereocenters. The van der Waals surface area contributed by atoms with Crippen LogP contribution in [0.5, 0.6) is 0 Å². The summed E-state index contributed by atoms with van der Waals surface area (Å²) in [5.41, 5.74) is 1.08. The van der Waals surface area contributed by atoms with E-state index < -0.39 is 0 Å². The quantitative estimate of drug-likeness (QED) is 0.739. The van der Waals surface area contributed by atoms with Crippen LogP contribution in [0.2, 0.25) is 0 Å². The second-order valence-electron chi connectivity index (χ2n) is 4.75. The van der Waals surface area contributed by atoms with Gasteiger partial charge in [-0.1, -0.05) is 50.1 Å². The molecule has 0 fully saturated rings. The summed E-state index contributed by atoms with van der Waals surface area (Å²) in [7, 11) is 0. The largest absolute Gasteiger partial charge is 0.338 e. The van der Waals surface area contributed by atoms with Gasteiger partial charge in [-0.25, -0.2) is 4.79 Å². The van der Waals surface area contributed by atoms with Crippen LogP contribution >= 0.6 is 0 Å². The highest BCUT2D eigenvalue weighted by Gasteiger charge is 2.12. The first-order valence-corrected chi connectivity index (χ1v) is 7.21. The van der Waals surface area contributed by atoms with Crippen molar-refractivity contribution in [2.45, 2.75) is 39.2 Å². The molecule has 1 aromatic carbocycles. The van der Waals surface area contributed by atoms with Gasteiger partial charge in [-0.3, -0.25) is 0 Å². The first-order chi connectivity index (χ1) is 9.77. The summed E-state index contributed by atoms with van der Waals surface area (Å²) in [4.78, 5) is 13.8. The molecule has 1 N–H and O–H groups in total. The molecule has 0 saturated heterocycles. The van der Waals surface area contributed by atoms with E-state index in [0.29, 0.717) is 26.1 Å². The summed E-state index contributed by atoms with van der Waals surface area (Å²) in [6.07, 6.45) is 3.62. The lowest BCUT2D eigenvalue weighted by molar-refractivity contribution is 0.196. The van der Waals surface area contributed by atoms with Crippen LogP contribution in [0.25, 0.3) is 0 Å². The number of nitrogens with one attached hydrogen (secondary N) is 1. The van der Waals surface area contributed by atoms with Crippen molar-refractivity contribution in [3.8, 4) is 6.07 Å². The summed E-state index contributed by atoms with van der Waals surface area (Å²) < 4.78 is 0. The Bertz CT molecular complexity index is 425. The number of rotatable bonds is 8. The van der Waals surface area contributed by atoms with Gasteiger partial charge in [0.2, 0.25) is 0 Å². The smallest absolute Gasteiger partial charge is 0.317 e. The Labute approximate surface area is 121 Å². The van der Waals surface area contributed by atoms with Crippen molar-refractivity contribution in [1.82, 2.24) is 10.2 Å². The third-order valence-electron chi connectivity index (χ3n) is 3.05. The number of hydrogen-bond donors (Lipinski definition) is 1. The number of carbonyl (C=O) groups is 1. The number of carbonyl (C=O) groups excluding carboxylic acids is 1. The molecule has 0 atom stereocenters. The lowest BCUT2D eigenvalue weighted by atomic mass is 10.2. The predicted molar refractivity (Wildman–Crippen MR) is 80.0 cm³/mol. The summed E-state index contributed by atoms with van der Waals surface area (Å²) in [6.45, 7) is 3.84. The van der Waals surface area contributed by atoms with Gasteiger partial charge < -0.3 is 10.2 Å². The second-order valence-corrected chi connectivity index (χ2v) is 4.75. The van der Waals surface area contributed by atoms with Crippen molar-refractivity contribution in [1.29, 1.82) is 5.26 Å². The van der Waals surface area contributed by atoms with Gasteiger partial charge in [0.25, 0.3) is 0 Å². The van der Waals surface area contributed by atoms with Gasteiger partial charge in [0.05, 0.1) is 12.5 Å². The molecular weight excluding hydrogens is 250 g/mol. The molecular formula is C16H23N3O. The topological polar surface area (TPSA) is 56.1 Å². The van der Waals surface area contributed by atoms with Gasteiger partial charge in [0.15, 0.2) is 0 Å². The van der Waals surface area contributed by atoms with Crippen LogP contribution in [-0.2, 0) is 6.54 Å². The zero-order valence-corrected chi connectivity index (χ0v) is 12.1. The molecule has 0 spiro atoms. The minimum atomic E-state index is -0.0831. The Morgan fingerprint density at radius 2 is 2.05 bits per heavy atom. The zero-order chi connectivity index (χ0) is 14.6. The number of amides is 2. The van der Waals surface area contributed by atoms with E-state index in [-0.39, 0.29) is 6.03 Å². The van der Waals surface area contributed by atoms with Gasteiger partial charge in [0.1, 0.15) is 0 Å². The van der Waals surface area contributed by atoms with Gasteiger partial charge in [0, 0.05) is 19.6 Å². The molecule has 4 heteroatoms. The summed E-state index contributed by atoms with van der Waals surface area (Å²) in [5.74, 6) is 0. The molecule has 1 aromatic rings. The van der Waals surface area contributed by atoms with Crippen LogP contribution in [0.3, 0.4) is 0 Å². The minimum Gasteiger partial charge on any atom is -0.338 e. The number of hydrogen-bond acceptors (Lipinski definition) is 2. The lowest BCUT2D eigenvalue weighted by Gasteiger charge is -2.22. The van der Waals surface area contributed by atoms with Crippen molar-refractivity contribution >= 4 is 6.03 Å². The van der Waals surface area contributed by atoms with E-state index in [4.69, 9.17) is 5.26 Å². The fraction of sp³-hybridized carbons (Fsp3) is 0.500. The van der Waals surface area contributed by atoms with Crippen molar-refractivity contribution in [2.24, 2.45) is 0 Å². The van der Waals surface area contributed by atoms with E-state index >= 15 is 0 Å². The van der Waals surface area contributed by atoms with Gasteiger partial charge in [-0.2, -0.15) is 5.26 Å². The molecule has 0 aliphatic rings. The van der Waals surface area contributed by atoms with E-state index in [1.807, 2.05) is 30.3 Å². The average Bonchev–Trinajstić information content (AvgIpc) is 2.48. The lowest BCUT2D eigenvalue weighted by Crippen LogP contribution is -2.40. The SMILES string of the molecule is CCCCCNC(=O)N(CCC#N)Cc1ccccc1. The Hall–Kier alpha value is -2.02. The summed E-state index contributed by atoms with van der Waals surface area (Å²) in [5, 5.41) is 11.6. The number of urea groups is 1. The third-order valence-corrected chi connectivity index (χ3v) is 3.05. The van der Waals surface area contributed by atoms with E-state index in [9.17, 15) is 4.79 Å². The fourth-order valence-corrected chi connectivity index (χ4v) is 1.92. The van der Waals surface area contributed by atoms with Crippen molar-refractivity contribution < 1.29 is 4.79 Å². The first-order valence-electron chi connectivity index (χ1n) is 7.21. The first kappa shape index (κ1) is 16.0. The Morgan fingerprint density at radius 1 is 1.30 bits per heavy atom. The van der Waals surface area contributed by atoms with Crippen LogP contribution in [0.4, 0.5) is 4.79 Å². The molecule has 0 heterocycles. The van der Waals surface area contributed by atoms with Crippen LogP contribution in [0, 0.1) is 11.3 Å². The fourth-order valence-electron chi connectivity index (χ4n) is 1.92. The van der Waals surface area contributed by atoms with Crippen molar-refractivity contribution in [3.63, 3.8) is 0 Å². The van der Waals surface area contributed by atoms with Crippen LogP contribution < -0.4 is 5.32 Å². The number of nitriles is 1. The monoisotopic (exact) mass is 273 g/mol. The Morgan fingerprint density at radius 3 is 2.70 bits per heavy atom. The Balaban J connectivity index is 2.50. The van der Waals surface area contributed by atoms with E-state index in [2.05, 4.69) is 18.3 Å². The molecule has 1 rings (SSSR count). The van der Waals surface area contributed by atoms with Gasteiger partial charge in [-0.15, -0.1) is 0 Å². The molecule has 0 aliphatic carbocycles. The molecule has 0 radical (unpaired) electrons. The molecule has 0 bridgehead atoms. The van der Waals surface area contributed by atoms with E-state index in [0.717, 1.165) is 24.8 Å². The zero-order valence-electron chi connectivity index (χ0n) is 12.1. The van der Waals surface area contributed by atoms with Crippen LogP contribution in [0.15, 0.2) is 30.3 Å². The highest BCUT2D eigenvalue weighted by Crippen LogP contribution is 2.05. The summed E-state index contributed by atoms with van der Waals surface area (Å²) >= 11 is 0. The maximum Gasteiger partial charge on any atom is 0.317 e. The number of benzene rings is 1. The van der Waals surface area contributed by atoms with Crippen molar-refractivity contribution in [2.75, 3.05) is 13.1 Å². The molecule has 0 aliphatic heterocycles. The predicted octanol–water partition coefficient (Wildman–Crippen LogP) is 3.30. The highest BCUT2D eigenvalue weighted by molar-refractivity contribution is 5.74. The van der Waals surface area contributed by atoms with E-state index in [1.165, 1.54) is 0 Å². The summed E-state index contributed by atoms with van der Waals surface area (Å²) in [6, 6.07) is 11.9. The Kier molecular flexibility index (Phi) is 7.90. The molecule has 20 heavy (non-hydrogen) atoms. The molecule has 2 amide bonds. The van der Waals surface area contributed by atoms with Gasteiger partial charge >= 0.3 is 6.03 Å². The van der Waals surface area contributed by atoms with Crippen LogP contribution in [0.1, 0.15) is 38.2 Å². The van der Waals surface area contributed by atoms with Crippen molar-refractivity contribution in [3.05, 3.63) is 35.9 Å². The highest BCUT2D eigenvalue weighted by atomic mass is 16.2. The minimum absolute atomic E-state index is 0.0831. The molecule has 0 aromatic heterocycles. The van der Waals surface area contributed by atoms with E-state index in [1.54, 1.807) is 4.90 Å². The molecule has 4 nitrogen and oxygen atoms in total. The maximum absolute atomic E-state index is 12.1. The normalized spacial score (nSPS) is 9.80. The standard InChI is InChI=1S/C16H23N3O/c1-2-3-7-12-18-16(20)19(13-8-11-17)14-15-9-5-4-6-10-15/h4-6,9-10H,2-3,7-8,12-14H2,1H3,(H,18,20). The number of nitrogens with zero attached hydrogens (tertiary/aromatic N) is 2. The number of unbranched alkanes of at least 4 members (excludes halogenated alkanes) is 2. The van der Waals surface area contributed by atoms with Crippen LogP contribution in [-0.4, -0.2) is 24.0 Å². The maximum atomic E-state index is 12.1. The second kappa shape index (κ2) is 9.85. The average molecular weight is 273 g/mol. The molecule has 108 valence electrons. The third kappa shape index (κ3) is 6.24.